The highest BCUT2D eigenvalue weighted by Crippen LogP contribution is 2.48. The summed E-state index contributed by atoms with van der Waals surface area (Å²) >= 11 is 0. The van der Waals surface area contributed by atoms with E-state index in [2.05, 4.69) is 50.4 Å². The summed E-state index contributed by atoms with van der Waals surface area (Å²) in [7, 11) is 0. The highest BCUT2D eigenvalue weighted by Gasteiger charge is 2.45. The Bertz CT molecular complexity index is 820. The van der Waals surface area contributed by atoms with Crippen molar-refractivity contribution in [1.82, 2.24) is 14.9 Å². The van der Waals surface area contributed by atoms with Crippen molar-refractivity contribution < 1.29 is 4.79 Å². The molecule has 1 saturated carbocycles. The van der Waals surface area contributed by atoms with Crippen molar-refractivity contribution in [3.63, 3.8) is 0 Å². The number of hydrogen-bond acceptors (Lipinski definition) is 4. The van der Waals surface area contributed by atoms with Crippen molar-refractivity contribution in [2.24, 2.45) is 11.8 Å². The summed E-state index contributed by atoms with van der Waals surface area (Å²) in [6.07, 6.45) is 11.6. The predicted molar refractivity (Wildman–Crippen MR) is 105 cm³/mol. The molecule has 1 aromatic heterocycles. The van der Waals surface area contributed by atoms with Crippen LogP contribution in [0.25, 0.3) is 0 Å². The smallest absolute Gasteiger partial charge is 0.226 e. The Morgan fingerprint density at radius 2 is 1.89 bits per heavy atom. The number of nitrogens with one attached hydrogen (secondary N) is 1. The fourth-order valence-corrected chi connectivity index (χ4v) is 3.86. The molecule has 0 spiro atoms. The first-order valence-electron chi connectivity index (χ1n) is 9.61. The fraction of sp³-hybridized carbons (Fsp3) is 0.409. The van der Waals surface area contributed by atoms with E-state index in [0.29, 0.717) is 29.3 Å². The van der Waals surface area contributed by atoms with Crippen LogP contribution in [-0.4, -0.2) is 40.4 Å². The zero-order valence-corrected chi connectivity index (χ0v) is 15.3. The number of amides is 1. The minimum absolute atomic E-state index is 0.185. The third kappa shape index (κ3) is 4.11. The molecule has 0 bridgehead atoms. The summed E-state index contributed by atoms with van der Waals surface area (Å²) in [6, 6.07) is 10.4. The lowest BCUT2D eigenvalue weighted by Gasteiger charge is -2.32. The molecule has 1 N–H and O–H groups in total. The maximum atomic E-state index is 12.8. The van der Waals surface area contributed by atoms with E-state index in [1.165, 1.54) is 5.56 Å². The summed E-state index contributed by atoms with van der Waals surface area (Å²) < 4.78 is 0. The molecular weight excluding hydrogens is 336 g/mol. The van der Waals surface area contributed by atoms with Crippen molar-refractivity contribution in [2.75, 3.05) is 25.0 Å². The van der Waals surface area contributed by atoms with Gasteiger partial charge in [-0.2, -0.15) is 0 Å². The summed E-state index contributed by atoms with van der Waals surface area (Å²) in [5, 5.41) is 3.28. The average molecular weight is 360 g/mol. The third-order valence-electron chi connectivity index (χ3n) is 5.63. The van der Waals surface area contributed by atoms with E-state index in [-0.39, 0.29) is 5.92 Å². The Balaban J connectivity index is 1.22. The first-order valence-corrected chi connectivity index (χ1v) is 9.61. The van der Waals surface area contributed by atoms with Crippen LogP contribution in [0.15, 0.2) is 42.7 Å². The number of aromatic nitrogens is 2. The SMILES string of the molecule is C#Cc1cnc(NCC2CCN(C(=O)C3CC3c3ccccc3)CC2)nc1. The maximum absolute atomic E-state index is 12.8. The number of carbonyl (C=O) groups is 1. The van der Waals surface area contributed by atoms with Crippen molar-refractivity contribution >= 4 is 11.9 Å². The van der Waals surface area contributed by atoms with Crippen LogP contribution in [0.5, 0.6) is 0 Å². The minimum atomic E-state index is 0.185. The van der Waals surface area contributed by atoms with E-state index in [1.807, 2.05) is 6.07 Å². The van der Waals surface area contributed by atoms with Gasteiger partial charge in [0.1, 0.15) is 0 Å². The summed E-state index contributed by atoms with van der Waals surface area (Å²) in [6.45, 7) is 2.52. The molecule has 1 aromatic carbocycles. The lowest BCUT2D eigenvalue weighted by Crippen LogP contribution is -2.40. The summed E-state index contributed by atoms with van der Waals surface area (Å²) in [5.41, 5.74) is 1.98. The Hall–Kier alpha value is -2.87. The molecule has 2 aromatic rings. The van der Waals surface area contributed by atoms with Crippen LogP contribution in [-0.2, 0) is 4.79 Å². The van der Waals surface area contributed by atoms with Crippen LogP contribution in [0.2, 0.25) is 0 Å². The van der Waals surface area contributed by atoms with E-state index in [1.54, 1.807) is 12.4 Å². The molecule has 4 rings (SSSR count). The molecule has 1 aliphatic heterocycles. The normalized spacial score (nSPS) is 22.1. The van der Waals surface area contributed by atoms with Gasteiger partial charge in [-0.25, -0.2) is 9.97 Å². The Kier molecular flexibility index (Phi) is 5.06. The number of rotatable bonds is 5. The molecule has 2 heterocycles. The highest BCUT2D eigenvalue weighted by molar-refractivity contribution is 5.83. The molecule has 138 valence electrons. The summed E-state index contributed by atoms with van der Waals surface area (Å²) in [5.74, 6) is 4.60. The number of terminal acetylenes is 1. The zero-order valence-electron chi connectivity index (χ0n) is 15.3. The van der Waals surface area contributed by atoms with E-state index >= 15 is 0 Å². The molecular formula is C22H24N4O. The van der Waals surface area contributed by atoms with Crippen molar-refractivity contribution in [3.05, 3.63) is 53.9 Å². The van der Waals surface area contributed by atoms with Gasteiger partial charge in [-0.15, -0.1) is 6.42 Å². The van der Waals surface area contributed by atoms with Crippen LogP contribution in [0, 0.1) is 24.2 Å². The first-order chi connectivity index (χ1) is 13.2. The second-order valence-electron chi connectivity index (χ2n) is 7.45. The van der Waals surface area contributed by atoms with Gasteiger partial charge in [0.25, 0.3) is 0 Å². The molecule has 2 fully saturated rings. The topological polar surface area (TPSA) is 58.1 Å². The molecule has 27 heavy (non-hydrogen) atoms. The number of benzene rings is 1. The van der Waals surface area contributed by atoms with E-state index in [0.717, 1.165) is 38.9 Å². The van der Waals surface area contributed by atoms with Gasteiger partial charge < -0.3 is 10.2 Å². The fourth-order valence-electron chi connectivity index (χ4n) is 3.86. The number of piperidine rings is 1. The van der Waals surface area contributed by atoms with Crippen molar-refractivity contribution in [1.29, 1.82) is 0 Å². The molecule has 2 unspecified atom stereocenters. The molecule has 1 aliphatic carbocycles. The van der Waals surface area contributed by atoms with Crippen LogP contribution >= 0.6 is 0 Å². The number of carbonyl (C=O) groups excluding carboxylic acids is 1. The number of nitrogens with zero attached hydrogens (tertiary/aromatic N) is 3. The molecule has 1 amide bonds. The van der Waals surface area contributed by atoms with Crippen LogP contribution in [0.1, 0.15) is 36.3 Å². The van der Waals surface area contributed by atoms with E-state index in [4.69, 9.17) is 6.42 Å². The molecule has 1 saturated heterocycles. The number of anilines is 1. The highest BCUT2D eigenvalue weighted by atomic mass is 16.2. The molecule has 2 atom stereocenters. The number of likely N-dealkylation sites (tertiary alicyclic amines) is 1. The molecule has 2 aliphatic rings. The van der Waals surface area contributed by atoms with Gasteiger partial charge in [0.15, 0.2) is 0 Å². The Labute approximate surface area is 160 Å². The largest absolute Gasteiger partial charge is 0.354 e. The maximum Gasteiger partial charge on any atom is 0.226 e. The van der Waals surface area contributed by atoms with Crippen LogP contribution < -0.4 is 5.32 Å². The Morgan fingerprint density at radius 3 is 2.56 bits per heavy atom. The van der Waals surface area contributed by atoms with Gasteiger partial charge in [0, 0.05) is 37.9 Å². The Morgan fingerprint density at radius 1 is 1.19 bits per heavy atom. The van der Waals surface area contributed by atoms with Gasteiger partial charge in [0.05, 0.1) is 5.56 Å². The monoisotopic (exact) mass is 360 g/mol. The van der Waals surface area contributed by atoms with Crippen molar-refractivity contribution in [3.8, 4) is 12.3 Å². The van der Waals surface area contributed by atoms with Gasteiger partial charge in [0.2, 0.25) is 11.9 Å². The zero-order chi connectivity index (χ0) is 18.6. The van der Waals surface area contributed by atoms with Gasteiger partial charge >= 0.3 is 0 Å². The second kappa shape index (κ2) is 7.79. The number of hydrogen-bond donors (Lipinski definition) is 1. The lowest BCUT2D eigenvalue weighted by atomic mass is 9.96. The van der Waals surface area contributed by atoms with E-state index < -0.39 is 0 Å². The average Bonchev–Trinajstić information content (AvgIpc) is 3.54. The summed E-state index contributed by atoms with van der Waals surface area (Å²) in [4.78, 5) is 23.3. The lowest BCUT2D eigenvalue weighted by molar-refractivity contribution is -0.134. The standard InChI is InChI=1S/C22H24N4O/c1-2-16-13-23-22(24-14-16)25-15-17-8-10-26(11-9-17)21(27)20-12-19(20)18-6-4-3-5-7-18/h1,3-7,13-14,17,19-20H,8-12,15H2,(H,23,24,25). The second-order valence-corrected chi connectivity index (χ2v) is 7.45. The minimum Gasteiger partial charge on any atom is -0.354 e. The first kappa shape index (κ1) is 17.5. The van der Waals surface area contributed by atoms with Crippen LogP contribution in [0.3, 0.4) is 0 Å². The van der Waals surface area contributed by atoms with Gasteiger partial charge in [-0.3, -0.25) is 4.79 Å². The van der Waals surface area contributed by atoms with Crippen molar-refractivity contribution in [2.45, 2.75) is 25.2 Å². The van der Waals surface area contributed by atoms with Gasteiger partial charge in [-0.1, -0.05) is 36.3 Å². The molecule has 0 radical (unpaired) electrons. The van der Waals surface area contributed by atoms with E-state index in [9.17, 15) is 4.79 Å². The van der Waals surface area contributed by atoms with Crippen LogP contribution in [0.4, 0.5) is 5.95 Å². The quantitative estimate of drug-likeness (QED) is 0.833. The molecule has 5 nitrogen and oxygen atoms in total. The van der Waals surface area contributed by atoms with Gasteiger partial charge in [-0.05, 0) is 36.7 Å². The molecule has 5 heteroatoms. The predicted octanol–water partition coefficient (Wildman–Crippen LogP) is 2.91. The third-order valence-corrected chi connectivity index (χ3v) is 5.63.